The monoisotopic (exact) mass is 300 g/mol. The van der Waals surface area contributed by atoms with Crippen molar-refractivity contribution >= 4 is 38.5 Å². The largest absolute Gasteiger partial charge is 0.271 e. The first kappa shape index (κ1) is 7.53. The van der Waals surface area contributed by atoms with Crippen LogP contribution < -0.4 is 0 Å². The molecule has 0 aliphatic rings. The Balaban J connectivity index is 3.07. The van der Waals surface area contributed by atoms with Crippen molar-refractivity contribution in [2.75, 3.05) is 0 Å². The summed E-state index contributed by atoms with van der Waals surface area (Å²) in [4.78, 5) is 0. The standard InChI is InChI=1S/C5H6BrIN2/c1-9-5(2-6)4(7)3-8-9/h3H,2H2,1H3. The molecule has 0 aromatic carbocycles. The Kier molecular flexibility index (Phi) is 2.51. The predicted octanol–water partition coefficient (Wildman–Crippen LogP) is 1.92. The molecule has 4 heteroatoms. The maximum absolute atomic E-state index is 4.07. The van der Waals surface area contributed by atoms with E-state index in [1.54, 1.807) is 0 Å². The molecule has 1 aromatic heterocycles. The second kappa shape index (κ2) is 3.01. The van der Waals surface area contributed by atoms with Gasteiger partial charge in [-0.1, -0.05) is 15.9 Å². The van der Waals surface area contributed by atoms with Crippen molar-refractivity contribution in [3.63, 3.8) is 0 Å². The second-order valence-electron chi connectivity index (χ2n) is 1.70. The topological polar surface area (TPSA) is 17.8 Å². The highest BCUT2D eigenvalue weighted by molar-refractivity contribution is 14.1. The molecule has 0 saturated heterocycles. The molecule has 9 heavy (non-hydrogen) atoms. The zero-order chi connectivity index (χ0) is 6.85. The summed E-state index contributed by atoms with van der Waals surface area (Å²) in [6.45, 7) is 0. The summed E-state index contributed by atoms with van der Waals surface area (Å²) in [5.74, 6) is 0. The van der Waals surface area contributed by atoms with Gasteiger partial charge in [-0.3, -0.25) is 4.68 Å². The minimum atomic E-state index is 0.877. The van der Waals surface area contributed by atoms with Gasteiger partial charge < -0.3 is 0 Å². The van der Waals surface area contributed by atoms with E-state index < -0.39 is 0 Å². The van der Waals surface area contributed by atoms with Gasteiger partial charge in [0, 0.05) is 12.4 Å². The van der Waals surface area contributed by atoms with Crippen LogP contribution in [-0.2, 0) is 12.4 Å². The number of aromatic nitrogens is 2. The highest BCUT2D eigenvalue weighted by atomic mass is 127. The Morgan fingerprint density at radius 2 is 2.56 bits per heavy atom. The molecule has 1 aromatic rings. The van der Waals surface area contributed by atoms with Crippen molar-refractivity contribution in [3.05, 3.63) is 15.5 Å². The first-order valence-electron chi connectivity index (χ1n) is 2.48. The van der Waals surface area contributed by atoms with Gasteiger partial charge in [0.15, 0.2) is 0 Å². The molecule has 1 heterocycles. The van der Waals surface area contributed by atoms with Gasteiger partial charge in [-0.05, 0) is 22.6 Å². The number of halogens is 2. The van der Waals surface area contributed by atoms with Crippen molar-refractivity contribution in [3.8, 4) is 0 Å². The molecule has 50 valence electrons. The SMILES string of the molecule is Cn1ncc(I)c1CBr. The van der Waals surface area contributed by atoms with Gasteiger partial charge in [-0.25, -0.2) is 0 Å². The van der Waals surface area contributed by atoms with E-state index in [2.05, 4.69) is 43.6 Å². The predicted molar refractivity (Wildman–Crippen MR) is 48.6 cm³/mol. The lowest BCUT2D eigenvalue weighted by molar-refractivity contribution is 0.736. The van der Waals surface area contributed by atoms with E-state index in [1.807, 2.05) is 17.9 Å². The minimum absolute atomic E-state index is 0.877. The Morgan fingerprint density at radius 3 is 2.78 bits per heavy atom. The van der Waals surface area contributed by atoms with E-state index in [-0.39, 0.29) is 0 Å². The average Bonchev–Trinajstić information content (AvgIpc) is 2.12. The van der Waals surface area contributed by atoms with Crippen molar-refractivity contribution in [1.82, 2.24) is 9.78 Å². The smallest absolute Gasteiger partial charge is 0.0626 e. The van der Waals surface area contributed by atoms with E-state index >= 15 is 0 Å². The van der Waals surface area contributed by atoms with Gasteiger partial charge in [0.1, 0.15) is 0 Å². The lowest BCUT2D eigenvalue weighted by Crippen LogP contribution is -1.95. The summed E-state index contributed by atoms with van der Waals surface area (Å²) in [7, 11) is 1.94. The van der Waals surface area contributed by atoms with Crippen LogP contribution in [0.3, 0.4) is 0 Å². The first-order chi connectivity index (χ1) is 4.25. The molecule has 0 aliphatic heterocycles. The summed E-state index contributed by atoms with van der Waals surface area (Å²) in [5, 5.41) is 4.94. The van der Waals surface area contributed by atoms with Gasteiger partial charge in [0.2, 0.25) is 0 Å². The molecule has 0 fully saturated rings. The van der Waals surface area contributed by atoms with Crippen LogP contribution in [-0.4, -0.2) is 9.78 Å². The van der Waals surface area contributed by atoms with Crippen LogP contribution >= 0.6 is 38.5 Å². The fourth-order valence-corrected chi connectivity index (χ4v) is 2.44. The van der Waals surface area contributed by atoms with Crippen LogP contribution in [0.4, 0.5) is 0 Å². The van der Waals surface area contributed by atoms with Gasteiger partial charge in [0.05, 0.1) is 15.5 Å². The van der Waals surface area contributed by atoms with Gasteiger partial charge in [-0.15, -0.1) is 0 Å². The van der Waals surface area contributed by atoms with Crippen LogP contribution in [0, 0.1) is 3.57 Å². The second-order valence-corrected chi connectivity index (χ2v) is 3.42. The number of rotatable bonds is 1. The normalized spacial score (nSPS) is 10.1. The lowest BCUT2D eigenvalue weighted by atomic mass is 10.5. The number of hydrogen-bond acceptors (Lipinski definition) is 1. The average molecular weight is 301 g/mol. The van der Waals surface area contributed by atoms with Crippen LogP contribution in [0.2, 0.25) is 0 Å². The van der Waals surface area contributed by atoms with Crippen molar-refractivity contribution in [1.29, 1.82) is 0 Å². The van der Waals surface area contributed by atoms with Crippen LogP contribution in [0.5, 0.6) is 0 Å². The van der Waals surface area contributed by atoms with Crippen molar-refractivity contribution in [2.24, 2.45) is 7.05 Å². The molecule has 0 radical (unpaired) electrons. The maximum Gasteiger partial charge on any atom is 0.0626 e. The van der Waals surface area contributed by atoms with Gasteiger partial charge in [-0.2, -0.15) is 5.10 Å². The number of nitrogens with zero attached hydrogens (tertiary/aromatic N) is 2. The molecule has 0 N–H and O–H groups in total. The Morgan fingerprint density at radius 1 is 1.89 bits per heavy atom. The summed E-state index contributed by atoms with van der Waals surface area (Å²) >= 11 is 5.64. The lowest BCUT2D eigenvalue weighted by Gasteiger charge is -1.94. The molecule has 0 spiro atoms. The van der Waals surface area contributed by atoms with E-state index in [0.717, 1.165) is 5.33 Å². The third-order valence-electron chi connectivity index (χ3n) is 1.14. The molecule has 0 saturated carbocycles. The quantitative estimate of drug-likeness (QED) is 0.572. The molecule has 0 amide bonds. The van der Waals surface area contributed by atoms with Crippen LogP contribution in [0.25, 0.3) is 0 Å². The molecular weight excluding hydrogens is 295 g/mol. The highest BCUT2D eigenvalue weighted by Crippen LogP contribution is 2.12. The van der Waals surface area contributed by atoms with E-state index in [1.165, 1.54) is 9.26 Å². The third-order valence-corrected chi connectivity index (χ3v) is 2.57. The molecule has 0 atom stereocenters. The van der Waals surface area contributed by atoms with E-state index in [0.29, 0.717) is 0 Å². The Bertz CT molecular complexity index is 189. The summed E-state index contributed by atoms with van der Waals surface area (Å²) in [5.41, 5.74) is 1.23. The van der Waals surface area contributed by atoms with Crippen molar-refractivity contribution in [2.45, 2.75) is 5.33 Å². The molecule has 0 unspecified atom stereocenters. The maximum atomic E-state index is 4.07. The molecule has 1 rings (SSSR count). The third kappa shape index (κ3) is 1.46. The zero-order valence-electron chi connectivity index (χ0n) is 4.93. The van der Waals surface area contributed by atoms with E-state index in [9.17, 15) is 0 Å². The minimum Gasteiger partial charge on any atom is -0.271 e. The first-order valence-corrected chi connectivity index (χ1v) is 4.68. The number of alkyl halides is 1. The molecular formula is C5H6BrIN2. The van der Waals surface area contributed by atoms with Crippen molar-refractivity contribution < 1.29 is 0 Å². The Hall–Kier alpha value is 0.420. The summed E-state index contributed by atoms with van der Waals surface area (Å²) in [6, 6.07) is 0. The molecule has 0 bridgehead atoms. The summed E-state index contributed by atoms with van der Waals surface area (Å²) in [6.07, 6.45) is 1.86. The Labute approximate surface area is 75.9 Å². The van der Waals surface area contributed by atoms with Crippen LogP contribution in [0.1, 0.15) is 5.69 Å². The van der Waals surface area contributed by atoms with Gasteiger partial charge in [0.25, 0.3) is 0 Å². The highest BCUT2D eigenvalue weighted by Gasteiger charge is 2.01. The fourth-order valence-electron chi connectivity index (χ4n) is 0.586. The van der Waals surface area contributed by atoms with E-state index in [4.69, 9.17) is 0 Å². The molecule has 0 aliphatic carbocycles. The van der Waals surface area contributed by atoms with Gasteiger partial charge >= 0.3 is 0 Å². The van der Waals surface area contributed by atoms with Crippen LogP contribution in [0.15, 0.2) is 6.20 Å². The number of aryl methyl sites for hydroxylation is 1. The fraction of sp³-hybridized carbons (Fsp3) is 0.400. The molecule has 2 nitrogen and oxygen atoms in total. The summed E-state index contributed by atoms with van der Waals surface area (Å²) < 4.78 is 3.09. The zero-order valence-corrected chi connectivity index (χ0v) is 8.68. The number of hydrogen-bond donors (Lipinski definition) is 0.